The predicted molar refractivity (Wildman–Crippen MR) is 70.5 cm³/mol. The van der Waals surface area contributed by atoms with E-state index in [1.165, 1.54) is 6.20 Å². The minimum atomic E-state index is -0.905. The van der Waals surface area contributed by atoms with Crippen LogP contribution in [0, 0.1) is 17.5 Å². The van der Waals surface area contributed by atoms with Gasteiger partial charge >= 0.3 is 0 Å². The first kappa shape index (κ1) is 13.9. The van der Waals surface area contributed by atoms with Crippen LogP contribution in [0.25, 0.3) is 0 Å². The Morgan fingerprint density at radius 2 is 2.00 bits per heavy atom. The second kappa shape index (κ2) is 5.73. The van der Waals surface area contributed by atoms with Gasteiger partial charge in [0, 0.05) is 30.4 Å². The molecule has 1 aromatic carbocycles. The van der Waals surface area contributed by atoms with Gasteiger partial charge in [0.25, 0.3) is 5.88 Å². The maximum atomic E-state index is 14.2. The van der Waals surface area contributed by atoms with Crippen molar-refractivity contribution >= 4 is 0 Å². The fourth-order valence-electron chi connectivity index (χ4n) is 1.87. The third kappa shape index (κ3) is 3.33. The van der Waals surface area contributed by atoms with Crippen molar-refractivity contribution in [2.45, 2.75) is 25.4 Å². The van der Waals surface area contributed by atoms with Crippen LogP contribution in [-0.4, -0.2) is 11.0 Å². The standard InChI is InChI=1S/C15H13F3N2O/c16-10-1-4-13(12(17)7-10)21-15-14(18)9(5-6-19-15)8-20-11-2-3-11/h1,4-7,11,20H,2-3,8H2. The van der Waals surface area contributed by atoms with E-state index in [1.54, 1.807) is 6.07 Å². The summed E-state index contributed by atoms with van der Waals surface area (Å²) in [6.45, 7) is 0.362. The Morgan fingerprint density at radius 1 is 1.19 bits per heavy atom. The predicted octanol–water partition coefficient (Wildman–Crippen LogP) is 3.54. The number of ether oxygens (including phenoxy) is 1. The van der Waals surface area contributed by atoms with Crippen LogP contribution in [0.2, 0.25) is 0 Å². The molecule has 0 spiro atoms. The van der Waals surface area contributed by atoms with Crippen LogP contribution in [0.15, 0.2) is 30.5 Å². The number of benzene rings is 1. The molecule has 1 heterocycles. The molecule has 110 valence electrons. The number of nitrogens with zero attached hydrogens (tertiary/aromatic N) is 1. The molecular weight excluding hydrogens is 281 g/mol. The Hall–Kier alpha value is -2.08. The third-order valence-corrected chi connectivity index (χ3v) is 3.20. The lowest BCUT2D eigenvalue weighted by Gasteiger charge is -2.10. The largest absolute Gasteiger partial charge is 0.433 e. The molecule has 1 saturated carbocycles. The van der Waals surface area contributed by atoms with E-state index in [-0.39, 0.29) is 11.6 Å². The first-order chi connectivity index (χ1) is 10.1. The Balaban J connectivity index is 1.79. The number of hydrogen-bond acceptors (Lipinski definition) is 3. The topological polar surface area (TPSA) is 34.1 Å². The molecule has 0 atom stereocenters. The molecule has 0 radical (unpaired) electrons. The summed E-state index contributed by atoms with van der Waals surface area (Å²) in [4.78, 5) is 3.76. The average molecular weight is 294 g/mol. The van der Waals surface area contributed by atoms with Gasteiger partial charge in [-0.2, -0.15) is 0 Å². The molecule has 1 N–H and O–H groups in total. The number of halogens is 3. The second-order valence-corrected chi connectivity index (χ2v) is 4.92. The summed E-state index contributed by atoms with van der Waals surface area (Å²) in [5.41, 5.74) is 0.398. The summed E-state index contributed by atoms with van der Waals surface area (Å²) in [6, 6.07) is 4.79. The summed E-state index contributed by atoms with van der Waals surface area (Å²) in [5, 5.41) is 3.18. The average Bonchev–Trinajstić information content (AvgIpc) is 3.27. The maximum absolute atomic E-state index is 14.2. The molecule has 2 aromatic rings. The zero-order valence-corrected chi connectivity index (χ0v) is 11.1. The summed E-state index contributed by atoms with van der Waals surface area (Å²) in [5.74, 6) is -2.87. The van der Waals surface area contributed by atoms with Crippen molar-refractivity contribution in [3.05, 3.63) is 53.5 Å². The van der Waals surface area contributed by atoms with Gasteiger partial charge in [-0.15, -0.1) is 0 Å². The molecule has 0 amide bonds. The number of rotatable bonds is 5. The van der Waals surface area contributed by atoms with Crippen LogP contribution in [-0.2, 0) is 6.54 Å². The van der Waals surface area contributed by atoms with E-state index in [1.807, 2.05) is 0 Å². The molecule has 0 bridgehead atoms. The third-order valence-electron chi connectivity index (χ3n) is 3.20. The Morgan fingerprint density at radius 3 is 2.71 bits per heavy atom. The smallest absolute Gasteiger partial charge is 0.256 e. The van der Waals surface area contributed by atoms with E-state index >= 15 is 0 Å². The highest BCUT2D eigenvalue weighted by Gasteiger charge is 2.21. The summed E-state index contributed by atoms with van der Waals surface area (Å²) >= 11 is 0. The lowest BCUT2D eigenvalue weighted by molar-refractivity contribution is 0.392. The van der Waals surface area contributed by atoms with E-state index < -0.39 is 17.5 Å². The maximum Gasteiger partial charge on any atom is 0.256 e. The van der Waals surface area contributed by atoms with Gasteiger partial charge in [-0.05, 0) is 31.0 Å². The molecule has 21 heavy (non-hydrogen) atoms. The van der Waals surface area contributed by atoms with Gasteiger partial charge in [0.05, 0.1) is 0 Å². The first-order valence-corrected chi connectivity index (χ1v) is 6.63. The molecule has 1 fully saturated rings. The van der Waals surface area contributed by atoms with Crippen LogP contribution in [0.5, 0.6) is 11.6 Å². The van der Waals surface area contributed by atoms with E-state index in [0.717, 1.165) is 25.0 Å². The Labute approximate surface area is 119 Å². The van der Waals surface area contributed by atoms with Crippen LogP contribution < -0.4 is 10.1 Å². The monoisotopic (exact) mass is 294 g/mol. The van der Waals surface area contributed by atoms with Crippen molar-refractivity contribution in [2.24, 2.45) is 0 Å². The minimum Gasteiger partial charge on any atom is -0.433 e. The van der Waals surface area contributed by atoms with Crippen molar-refractivity contribution in [3.8, 4) is 11.6 Å². The lowest BCUT2D eigenvalue weighted by Crippen LogP contribution is -2.16. The van der Waals surface area contributed by atoms with Crippen LogP contribution in [0.3, 0.4) is 0 Å². The molecule has 3 rings (SSSR count). The van der Waals surface area contributed by atoms with E-state index in [2.05, 4.69) is 10.3 Å². The fraction of sp³-hybridized carbons (Fsp3) is 0.267. The highest BCUT2D eigenvalue weighted by molar-refractivity contribution is 5.31. The molecule has 1 aliphatic rings. The minimum absolute atomic E-state index is 0.268. The van der Waals surface area contributed by atoms with Crippen molar-refractivity contribution in [1.29, 1.82) is 0 Å². The van der Waals surface area contributed by atoms with Crippen molar-refractivity contribution < 1.29 is 17.9 Å². The van der Waals surface area contributed by atoms with Gasteiger partial charge in [-0.3, -0.25) is 0 Å². The van der Waals surface area contributed by atoms with E-state index in [4.69, 9.17) is 4.74 Å². The summed E-state index contributed by atoms with van der Waals surface area (Å²) in [7, 11) is 0. The molecule has 0 aliphatic heterocycles. The van der Waals surface area contributed by atoms with Gasteiger partial charge in [-0.1, -0.05) is 0 Å². The van der Waals surface area contributed by atoms with Gasteiger partial charge in [-0.25, -0.2) is 18.2 Å². The number of aromatic nitrogens is 1. The van der Waals surface area contributed by atoms with Crippen molar-refractivity contribution in [1.82, 2.24) is 10.3 Å². The molecule has 0 unspecified atom stereocenters. The molecule has 0 saturated heterocycles. The van der Waals surface area contributed by atoms with Crippen LogP contribution in [0.4, 0.5) is 13.2 Å². The van der Waals surface area contributed by atoms with Crippen molar-refractivity contribution in [3.63, 3.8) is 0 Å². The first-order valence-electron chi connectivity index (χ1n) is 6.63. The van der Waals surface area contributed by atoms with Gasteiger partial charge in [0.15, 0.2) is 17.4 Å². The molecule has 3 nitrogen and oxygen atoms in total. The SMILES string of the molecule is Fc1ccc(Oc2nccc(CNC3CC3)c2F)c(F)c1. The zero-order valence-electron chi connectivity index (χ0n) is 11.1. The van der Waals surface area contributed by atoms with Crippen molar-refractivity contribution in [2.75, 3.05) is 0 Å². The highest BCUT2D eigenvalue weighted by atomic mass is 19.1. The molecule has 1 aromatic heterocycles. The normalized spacial score (nSPS) is 14.2. The second-order valence-electron chi connectivity index (χ2n) is 4.92. The van der Waals surface area contributed by atoms with Gasteiger partial charge < -0.3 is 10.1 Å². The molecule has 1 aliphatic carbocycles. The Kier molecular flexibility index (Phi) is 3.79. The quantitative estimate of drug-likeness (QED) is 0.916. The van der Waals surface area contributed by atoms with Crippen LogP contribution >= 0.6 is 0 Å². The Bertz CT molecular complexity index is 659. The summed E-state index contributed by atoms with van der Waals surface area (Å²) in [6.07, 6.45) is 3.58. The van der Waals surface area contributed by atoms with E-state index in [9.17, 15) is 13.2 Å². The van der Waals surface area contributed by atoms with Crippen LogP contribution in [0.1, 0.15) is 18.4 Å². The van der Waals surface area contributed by atoms with E-state index in [0.29, 0.717) is 24.2 Å². The number of pyridine rings is 1. The zero-order chi connectivity index (χ0) is 14.8. The molecular formula is C15H13F3N2O. The summed E-state index contributed by atoms with van der Waals surface area (Å²) < 4.78 is 45.6. The van der Waals surface area contributed by atoms with Gasteiger partial charge in [0.1, 0.15) is 5.82 Å². The number of hydrogen-bond donors (Lipinski definition) is 1. The number of nitrogens with one attached hydrogen (secondary N) is 1. The highest BCUT2D eigenvalue weighted by Crippen LogP contribution is 2.27. The molecule has 6 heteroatoms. The lowest BCUT2D eigenvalue weighted by atomic mass is 10.2. The fourth-order valence-corrected chi connectivity index (χ4v) is 1.87. The van der Waals surface area contributed by atoms with Gasteiger partial charge in [0.2, 0.25) is 0 Å².